The van der Waals surface area contributed by atoms with Crippen molar-refractivity contribution < 1.29 is 4.52 Å². The Morgan fingerprint density at radius 3 is 2.59 bits per heavy atom. The van der Waals surface area contributed by atoms with Gasteiger partial charge in [0.15, 0.2) is 11.7 Å². The third-order valence-electron chi connectivity index (χ3n) is 3.30. The molecule has 0 amide bonds. The van der Waals surface area contributed by atoms with Crippen LogP contribution < -0.4 is 10.6 Å². The molecule has 2 aromatic heterocycles. The second-order valence-corrected chi connectivity index (χ2v) is 6.69. The number of aromatic nitrogens is 2. The molecule has 0 aliphatic carbocycles. The van der Waals surface area contributed by atoms with Gasteiger partial charge in [0.2, 0.25) is 0 Å². The summed E-state index contributed by atoms with van der Waals surface area (Å²) in [7, 11) is 1.74. The van der Waals surface area contributed by atoms with Gasteiger partial charge >= 0.3 is 0 Å². The molecule has 120 valence electrons. The lowest BCUT2D eigenvalue weighted by Crippen LogP contribution is -2.36. The van der Waals surface area contributed by atoms with Crippen molar-refractivity contribution in [1.29, 1.82) is 0 Å². The fraction of sp³-hybridized carbons (Fsp3) is 0.533. The molecule has 22 heavy (non-hydrogen) atoms. The number of hydrogen-bond donors (Lipinski definition) is 2. The molecule has 0 aliphatic heterocycles. The lowest BCUT2D eigenvalue weighted by Gasteiger charge is -2.09. The summed E-state index contributed by atoms with van der Waals surface area (Å²) in [6.07, 6.45) is 0. The van der Waals surface area contributed by atoms with E-state index in [1.165, 1.54) is 4.88 Å². The third-order valence-corrected chi connectivity index (χ3v) is 4.38. The summed E-state index contributed by atoms with van der Waals surface area (Å²) in [5.74, 6) is 1.88. The van der Waals surface area contributed by atoms with E-state index in [1.54, 1.807) is 18.4 Å². The molecule has 2 aromatic rings. The first kappa shape index (κ1) is 16.5. The second-order valence-electron chi connectivity index (χ2n) is 5.40. The average molecular weight is 321 g/mol. The minimum Gasteiger partial charge on any atom is -0.359 e. The van der Waals surface area contributed by atoms with Crippen LogP contribution in [0, 0.1) is 13.8 Å². The van der Waals surface area contributed by atoms with E-state index in [2.05, 4.69) is 46.5 Å². The standard InChI is InChI=1S/C15H23N5OS/c1-9(2)13-6-12(21-20-13)7-17-15(16-5)18-8-14-19-10(3)11(4)22-14/h6,9H,7-8H2,1-5H3,(H2,16,17,18). The first-order valence-electron chi connectivity index (χ1n) is 7.32. The molecule has 2 rings (SSSR count). The number of guanidine groups is 1. The Kier molecular flexibility index (Phi) is 5.54. The fourth-order valence-corrected chi connectivity index (χ4v) is 2.72. The number of rotatable bonds is 5. The molecule has 0 saturated carbocycles. The van der Waals surface area contributed by atoms with E-state index < -0.39 is 0 Å². The van der Waals surface area contributed by atoms with Crippen LogP contribution in [-0.2, 0) is 13.1 Å². The summed E-state index contributed by atoms with van der Waals surface area (Å²) in [5.41, 5.74) is 2.06. The van der Waals surface area contributed by atoms with Crippen LogP contribution in [0.2, 0.25) is 0 Å². The summed E-state index contributed by atoms with van der Waals surface area (Å²) >= 11 is 1.70. The predicted molar refractivity (Wildman–Crippen MR) is 89.2 cm³/mol. The Morgan fingerprint density at radius 2 is 2.05 bits per heavy atom. The zero-order chi connectivity index (χ0) is 16.1. The molecule has 0 unspecified atom stereocenters. The molecule has 7 heteroatoms. The van der Waals surface area contributed by atoms with Crippen LogP contribution in [0.5, 0.6) is 0 Å². The third kappa shape index (κ3) is 4.30. The topological polar surface area (TPSA) is 75.3 Å². The normalized spacial score (nSPS) is 12.0. The summed E-state index contributed by atoms with van der Waals surface area (Å²) in [6, 6.07) is 1.97. The second kappa shape index (κ2) is 7.40. The highest BCUT2D eigenvalue weighted by molar-refractivity contribution is 7.11. The van der Waals surface area contributed by atoms with Crippen LogP contribution >= 0.6 is 11.3 Å². The highest BCUT2D eigenvalue weighted by atomic mass is 32.1. The quantitative estimate of drug-likeness (QED) is 0.654. The lowest BCUT2D eigenvalue weighted by molar-refractivity contribution is 0.372. The van der Waals surface area contributed by atoms with Gasteiger partial charge in [-0.3, -0.25) is 4.99 Å². The monoisotopic (exact) mass is 321 g/mol. The number of aryl methyl sites for hydroxylation is 2. The maximum absolute atomic E-state index is 5.30. The van der Waals surface area contributed by atoms with Crippen LogP contribution in [0.1, 0.15) is 46.8 Å². The summed E-state index contributed by atoms with van der Waals surface area (Å²) in [4.78, 5) is 9.95. The molecule has 0 aliphatic rings. The molecule has 6 nitrogen and oxygen atoms in total. The van der Waals surface area contributed by atoms with Gasteiger partial charge in [-0.2, -0.15) is 0 Å². The molecule has 0 aromatic carbocycles. The summed E-state index contributed by atoms with van der Waals surface area (Å²) < 4.78 is 5.30. The van der Waals surface area contributed by atoms with Gasteiger partial charge in [0.1, 0.15) is 5.01 Å². The van der Waals surface area contributed by atoms with Crippen LogP contribution in [-0.4, -0.2) is 23.1 Å². The number of nitrogens with zero attached hydrogens (tertiary/aromatic N) is 3. The Bertz CT molecular complexity index is 625. The maximum Gasteiger partial charge on any atom is 0.191 e. The van der Waals surface area contributed by atoms with Gasteiger partial charge in [0, 0.05) is 18.0 Å². The van der Waals surface area contributed by atoms with Crippen LogP contribution in [0.3, 0.4) is 0 Å². The van der Waals surface area contributed by atoms with Gasteiger partial charge in [-0.05, 0) is 19.8 Å². The van der Waals surface area contributed by atoms with Crippen molar-refractivity contribution in [3.05, 3.63) is 33.1 Å². The van der Waals surface area contributed by atoms with E-state index in [9.17, 15) is 0 Å². The molecule has 0 fully saturated rings. The van der Waals surface area contributed by atoms with Crippen molar-refractivity contribution in [2.45, 2.75) is 46.7 Å². The van der Waals surface area contributed by atoms with Crippen molar-refractivity contribution in [3.63, 3.8) is 0 Å². The van der Waals surface area contributed by atoms with Gasteiger partial charge in [-0.25, -0.2) is 4.98 Å². The number of hydrogen-bond acceptors (Lipinski definition) is 5. The molecule has 2 N–H and O–H groups in total. The smallest absolute Gasteiger partial charge is 0.191 e. The van der Waals surface area contributed by atoms with E-state index in [4.69, 9.17) is 4.52 Å². The molecular weight excluding hydrogens is 298 g/mol. The first-order valence-corrected chi connectivity index (χ1v) is 8.14. The Morgan fingerprint density at radius 1 is 1.32 bits per heavy atom. The van der Waals surface area contributed by atoms with Crippen LogP contribution in [0.15, 0.2) is 15.6 Å². The van der Waals surface area contributed by atoms with Gasteiger partial charge < -0.3 is 15.2 Å². The van der Waals surface area contributed by atoms with Crippen molar-refractivity contribution in [3.8, 4) is 0 Å². The van der Waals surface area contributed by atoms with Crippen molar-refractivity contribution in [2.24, 2.45) is 4.99 Å². The van der Waals surface area contributed by atoms with Gasteiger partial charge in [0.05, 0.1) is 24.5 Å². The van der Waals surface area contributed by atoms with E-state index in [0.29, 0.717) is 25.0 Å². The molecule has 0 bridgehead atoms. The van der Waals surface area contributed by atoms with Gasteiger partial charge in [-0.1, -0.05) is 19.0 Å². The SMILES string of the molecule is CN=C(NCc1cc(C(C)C)no1)NCc1nc(C)c(C)s1. The molecule has 0 atom stereocenters. The average Bonchev–Trinajstić information content (AvgIpc) is 3.07. The summed E-state index contributed by atoms with van der Waals surface area (Å²) in [5, 5.41) is 11.6. The highest BCUT2D eigenvalue weighted by Gasteiger charge is 2.09. The van der Waals surface area contributed by atoms with Crippen LogP contribution in [0.4, 0.5) is 0 Å². The molecular formula is C15H23N5OS. The van der Waals surface area contributed by atoms with E-state index in [-0.39, 0.29) is 0 Å². The van der Waals surface area contributed by atoms with Gasteiger partial charge in [0.25, 0.3) is 0 Å². The molecule has 2 heterocycles. The highest BCUT2D eigenvalue weighted by Crippen LogP contribution is 2.16. The number of thiazole rings is 1. The first-order chi connectivity index (χ1) is 10.5. The zero-order valence-corrected chi connectivity index (χ0v) is 14.5. The van der Waals surface area contributed by atoms with E-state index >= 15 is 0 Å². The lowest BCUT2D eigenvalue weighted by atomic mass is 10.1. The summed E-state index contributed by atoms with van der Waals surface area (Å²) in [6.45, 7) is 9.50. The minimum atomic E-state index is 0.367. The molecule has 0 radical (unpaired) electrons. The van der Waals surface area contributed by atoms with Crippen LogP contribution in [0.25, 0.3) is 0 Å². The van der Waals surface area contributed by atoms with Crippen molar-refractivity contribution in [1.82, 2.24) is 20.8 Å². The predicted octanol–water partition coefficient (Wildman–Crippen LogP) is 2.74. The van der Waals surface area contributed by atoms with E-state index in [1.807, 2.05) is 13.0 Å². The molecule has 0 spiro atoms. The largest absolute Gasteiger partial charge is 0.359 e. The van der Waals surface area contributed by atoms with Crippen molar-refractivity contribution in [2.75, 3.05) is 7.05 Å². The maximum atomic E-state index is 5.30. The molecule has 0 saturated heterocycles. The fourth-order valence-electron chi connectivity index (χ4n) is 1.85. The van der Waals surface area contributed by atoms with Crippen molar-refractivity contribution >= 4 is 17.3 Å². The van der Waals surface area contributed by atoms with E-state index in [0.717, 1.165) is 22.2 Å². The Balaban J connectivity index is 1.84. The minimum absolute atomic E-state index is 0.367. The Hall–Kier alpha value is -1.89. The Labute approximate surface area is 135 Å². The van der Waals surface area contributed by atoms with Gasteiger partial charge in [-0.15, -0.1) is 11.3 Å². The number of nitrogens with one attached hydrogen (secondary N) is 2. The number of aliphatic imine (C=N–C) groups is 1. The zero-order valence-electron chi connectivity index (χ0n) is 13.7.